The first-order chi connectivity index (χ1) is 15.3. The number of esters is 1. The van der Waals surface area contributed by atoms with Gasteiger partial charge in [0.25, 0.3) is 5.56 Å². The normalized spacial score (nSPS) is 13.4. The monoisotopic (exact) mass is 436 g/mol. The van der Waals surface area contributed by atoms with E-state index in [4.69, 9.17) is 15.5 Å². The molecule has 0 bridgehead atoms. The van der Waals surface area contributed by atoms with Crippen LogP contribution in [0.25, 0.3) is 10.9 Å². The molecule has 1 aliphatic carbocycles. The number of fused-ring (bicyclic) bond motifs is 2. The maximum atomic E-state index is 13.2. The summed E-state index contributed by atoms with van der Waals surface area (Å²) in [6, 6.07) is 7.34. The lowest BCUT2D eigenvalue weighted by molar-refractivity contribution is 0.0475. The first-order valence-electron chi connectivity index (χ1n) is 10.5. The molecule has 0 saturated carbocycles. The number of pyridine rings is 1. The van der Waals surface area contributed by atoms with Crippen LogP contribution in [0, 0.1) is 0 Å². The molecule has 32 heavy (non-hydrogen) atoms. The molecule has 2 N–H and O–H groups in total. The van der Waals surface area contributed by atoms with E-state index in [-0.39, 0.29) is 11.4 Å². The van der Waals surface area contributed by atoms with E-state index >= 15 is 0 Å². The molecule has 166 valence electrons. The van der Waals surface area contributed by atoms with E-state index in [2.05, 4.69) is 0 Å². The van der Waals surface area contributed by atoms with Gasteiger partial charge in [-0.15, -0.1) is 0 Å². The summed E-state index contributed by atoms with van der Waals surface area (Å²) in [4.78, 5) is 55.0. The molecule has 3 aromatic rings. The number of nitrogens with two attached hydrogens (primary N) is 1. The van der Waals surface area contributed by atoms with Crippen LogP contribution in [0.3, 0.4) is 0 Å². The third kappa shape index (κ3) is 3.59. The Morgan fingerprint density at radius 1 is 1.03 bits per heavy atom. The number of hydrogen-bond acceptors (Lipinski definition) is 7. The number of carbonyl (C=O) groups is 2. The van der Waals surface area contributed by atoms with Crippen molar-refractivity contribution in [1.29, 1.82) is 0 Å². The first kappa shape index (κ1) is 21.5. The number of nitrogen functional groups attached to an aromatic ring is 1. The molecule has 9 heteroatoms. The standard InChI is InChI=1S/C23H24N4O5/c1-26-20(24)19(21(29)27(2)23(26)31)17(28)12-32-22(30)18-13-8-4-3-5-10-15(13)25-16-11-7-6-9-14(16)18/h6-7,9,11H,3-5,8,10,12,24H2,1-2H3. The number of aromatic nitrogens is 3. The van der Waals surface area contributed by atoms with Gasteiger partial charge in [0.1, 0.15) is 11.4 Å². The number of rotatable bonds is 4. The summed E-state index contributed by atoms with van der Waals surface area (Å²) in [6.45, 7) is -0.665. The summed E-state index contributed by atoms with van der Waals surface area (Å²) < 4.78 is 7.17. The van der Waals surface area contributed by atoms with Crippen molar-refractivity contribution in [1.82, 2.24) is 14.1 Å². The second-order valence-electron chi connectivity index (χ2n) is 7.96. The number of ether oxygens (including phenoxy) is 1. The molecule has 0 saturated heterocycles. The Labute approximate surface area is 183 Å². The number of hydrogen-bond donors (Lipinski definition) is 1. The molecule has 0 radical (unpaired) electrons. The van der Waals surface area contributed by atoms with E-state index in [1.54, 1.807) is 0 Å². The maximum absolute atomic E-state index is 13.2. The summed E-state index contributed by atoms with van der Waals surface area (Å²) in [5, 5.41) is 0.670. The molecule has 0 atom stereocenters. The van der Waals surface area contributed by atoms with E-state index in [1.165, 1.54) is 14.1 Å². The van der Waals surface area contributed by atoms with E-state index in [0.29, 0.717) is 22.9 Å². The lowest BCUT2D eigenvalue weighted by atomic mass is 9.97. The zero-order chi connectivity index (χ0) is 23.0. The molecule has 0 fully saturated rings. The number of benzene rings is 1. The Hall–Kier alpha value is -3.75. The highest BCUT2D eigenvalue weighted by Gasteiger charge is 2.25. The second kappa shape index (κ2) is 8.41. The molecule has 2 aromatic heterocycles. The first-order valence-corrected chi connectivity index (χ1v) is 10.5. The molecule has 0 amide bonds. The molecular weight excluding hydrogens is 412 g/mol. The van der Waals surface area contributed by atoms with Gasteiger partial charge in [-0.1, -0.05) is 24.6 Å². The van der Waals surface area contributed by atoms with Gasteiger partial charge in [-0.05, 0) is 37.3 Å². The summed E-state index contributed by atoms with van der Waals surface area (Å²) in [5.41, 5.74) is 6.85. The smallest absolute Gasteiger partial charge is 0.339 e. The Bertz CT molecular complexity index is 1370. The Morgan fingerprint density at radius 3 is 2.53 bits per heavy atom. The molecule has 4 rings (SSSR count). The minimum Gasteiger partial charge on any atom is -0.454 e. The summed E-state index contributed by atoms with van der Waals surface area (Å²) in [7, 11) is 2.61. The van der Waals surface area contributed by atoms with Crippen LogP contribution in [-0.2, 0) is 31.7 Å². The van der Waals surface area contributed by atoms with Crippen molar-refractivity contribution in [2.75, 3.05) is 12.3 Å². The van der Waals surface area contributed by atoms with Gasteiger partial charge in [0, 0.05) is 25.2 Å². The average molecular weight is 436 g/mol. The van der Waals surface area contributed by atoms with Crippen LogP contribution in [0.1, 0.15) is 51.2 Å². The molecular formula is C23H24N4O5. The van der Waals surface area contributed by atoms with Gasteiger partial charge in [0.2, 0.25) is 5.78 Å². The molecule has 2 heterocycles. The van der Waals surface area contributed by atoms with Crippen molar-refractivity contribution >= 4 is 28.5 Å². The van der Waals surface area contributed by atoms with Crippen LogP contribution >= 0.6 is 0 Å². The fraction of sp³-hybridized carbons (Fsp3) is 0.348. The molecule has 0 unspecified atom stereocenters. The highest BCUT2D eigenvalue weighted by Crippen LogP contribution is 2.29. The van der Waals surface area contributed by atoms with Crippen LogP contribution in [0.2, 0.25) is 0 Å². The zero-order valence-corrected chi connectivity index (χ0v) is 18.0. The van der Waals surface area contributed by atoms with Crippen LogP contribution in [-0.4, -0.2) is 32.5 Å². The van der Waals surface area contributed by atoms with E-state index in [1.807, 2.05) is 24.3 Å². The van der Waals surface area contributed by atoms with Gasteiger partial charge in [-0.2, -0.15) is 0 Å². The number of Topliss-reactive ketones (excluding diaryl/α,β-unsaturated/α-hetero) is 1. The van der Waals surface area contributed by atoms with Gasteiger partial charge in [0.15, 0.2) is 6.61 Å². The van der Waals surface area contributed by atoms with Crippen LogP contribution in [0.15, 0.2) is 33.9 Å². The van der Waals surface area contributed by atoms with Crippen molar-refractivity contribution in [2.24, 2.45) is 14.1 Å². The number of nitrogens with zero attached hydrogens (tertiary/aromatic N) is 3. The van der Waals surface area contributed by atoms with E-state index in [9.17, 15) is 19.2 Å². The maximum Gasteiger partial charge on any atom is 0.339 e. The largest absolute Gasteiger partial charge is 0.454 e. The number of ketones is 1. The van der Waals surface area contributed by atoms with Crippen molar-refractivity contribution < 1.29 is 14.3 Å². The SMILES string of the molecule is Cn1c(N)c(C(=O)COC(=O)c2c3c(nc4ccccc24)CCCCC3)c(=O)n(C)c1=O. The van der Waals surface area contributed by atoms with Crippen molar-refractivity contribution in [2.45, 2.75) is 32.1 Å². The predicted octanol–water partition coefficient (Wildman–Crippen LogP) is 1.52. The van der Waals surface area contributed by atoms with Crippen LogP contribution in [0.5, 0.6) is 0 Å². The quantitative estimate of drug-likeness (QED) is 0.373. The number of carbonyl (C=O) groups excluding carboxylic acids is 2. The van der Waals surface area contributed by atoms with Crippen molar-refractivity contribution in [3.8, 4) is 0 Å². The van der Waals surface area contributed by atoms with E-state index < -0.39 is 29.6 Å². The molecule has 9 nitrogen and oxygen atoms in total. The molecule has 1 aromatic carbocycles. The van der Waals surface area contributed by atoms with E-state index in [0.717, 1.165) is 46.1 Å². The topological polar surface area (TPSA) is 126 Å². The average Bonchev–Trinajstić information content (AvgIpc) is 3.03. The van der Waals surface area contributed by atoms with Crippen molar-refractivity contribution in [3.05, 3.63) is 67.5 Å². The zero-order valence-electron chi connectivity index (χ0n) is 18.0. The molecule has 1 aliphatic rings. The van der Waals surface area contributed by atoms with Gasteiger partial charge < -0.3 is 10.5 Å². The van der Waals surface area contributed by atoms with Crippen LogP contribution < -0.4 is 17.0 Å². The Balaban J connectivity index is 1.69. The number of para-hydroxylation sites is 1. The summed E-state index contributed by atoms with van der Waals surface area (Å²) >= 11 is 0. The predicted molar refractivity (Wildman–Crippen MR) is 119 cm³/mol. The van der Waals surface area contributed by atoms with Gasteiger partial charge in [-0.25, -0.2) is 9.59 Å². The molecule has 0 spiro atoms. The fourth-order valence-electron chi connectivity index (χ4n) is 4.18. The van der Waals surface area contributed by atoms with Gasteiger partial charge >= 0.3 is 11.7 Å². The fourth-order valence-corrected chi connectivity index (χ4v) is 4.18. The number of anilines is 1. The number of aryl methyl sites for hydroxylation is 1. The van der Waals surface area contributed by atoms with Gasteiger partial charge in [0.05, 0.1) is 11.1 Å². The van der Waals surface area contributed by atoms with Crippen molar-refractivity contribution in [3.63, 3.8) is 0 Å². The minimum absolute atomic E-state index is 0.262. The lowest BCUT2D eigenvalue weighted by Crippen LogP contribution is -2.42. The van der Waals surface area contributed by atoms with Crippen LogP contribution in [0.4, 0.5) is 5.82 Å². The summed E-state index contributed by atoms with van der Waals surface area (Å²) in [5.74, 6) is -1.67. The Kier molecular flexibility index (Phi) is 5.65. The summed E-state index contributed by atoms with van der Waals surface area (Å²) in [6.07, 6.45) is 4.48. The highest BCUT2D eigenvalue weighted by molar-refractivity contribution is 6.07. The third-order valence-corrected chi connectivity index (χ3v) is 5.95. The van der Waals surface area contributed by atoms with Gasteiger partial charge in [-0.3, -0.25) is 23.7 Å². The highest BCUT2D eigenvalue weighted by atomic mass is 16.5. The molecule has 0 aliphatic heterocycles. The second-order valence-corrected chi connectivity index (χ2v) is 7.96. The Morgan fingerprint density at radius 2 is 1.75 bits per heavy atom. The lowest BCUT2D eigenvalue weighted by Gasteiger charge is -2.15. The third-order valence-electron chi connectivity index (χ3n) is 5.95. The minimum atomic E-state index is -0.824.